The van der Waals surface area contributed by atoms with E-state index in [9.17, 15) is 14.4 Å². The Morgan fingerprint density at radius 3 is 1.95 bits per heavy atom. The highest BCUT2D eigenvalue weighted by molar-refractivity contribution is 5.89. The maximum atomic E-state index is 11.8. The average Bonchev–Trinajstić information content (AvgIpc) is 2.12. The second kappa shape index (κ2) is 5.90. The van der Waals surface area contributed by atoms with Crippen LogP contribution in [-0.4, -0.2) is 34.6 Å². The van der Waals surface area contributed by atoms with Crippen molar-refractivity contribution in [3.63, 3.8) is 0 Å². The molecule has 0 saturated carbocycles. The minimum Gasteiger partial charge on any atom is -0.481 e. The first-order valence-corrected chi connectivity index (χ1v) is 5.96. The molecule has 5 N–H and O–H groups in total. The van der Waals surface area contributed by atoms with Crippen molar-refractivity contribution in [1.82, 2.24) is 10.6 Å². The lowest BCUT2D eigenvalue weighted by Crippen LogP contribution is -2.58. The van der Waals surface area contributed by atoms with Gasteiger partial charge in [0.1, 0.15) is 5.54 Å². The minimum absolute atomic E-state index is 0.200. The van der Waals surface area contributed by atoms with E-state index in [-0.39, 0.29) is 6.42 Å². The van der Waals surface area contributed by atoms with E-state index in [0.717, 1.165) is 0 Å². The number of hydrogen-bond acceptors (Lipinski definition) is 3. The van der Waals surface area contributed by atoms with Crippen LogP contribution in [0.1, 0.15) is 41.0 Å². The molecule has 0 saturated heterocycles. The van der Waals surface area contributed by atoms with Gasteiger partial charge in [0.15, 0.2) is 0 Å². The van der Waals surface area contributed by atoms with E-state index in [1.165, 1.54) is 13.8 Å². The number of nitrogens with two attached hydrogens (primary N) is 1. The first-order chi connectivity index (χ1) is 8.36. The zero-order valence-electron chi connectivity index (χ0n) is 12.0. The normalized spacial score (nSPS) is 13.5. The van der Waals surface area contributed by atoms with Gasteiger partial charge in [-0.1, -0.05) is 20.8 Å². The summed E-state index contributed by atoms with van der Waals surface area (Å²) in [5.41, 5.74) is 3.52. The molecule has 7 heteroatoms. The number of carboxylic acid groups (broad SMARTS) is 1. The number of urea groups is 1. The Hall–Kier alpha value is -1.79. The van der Waals surface area contributed by atoms with Crippen molar-refractivity contribution in [2.45, 2.75) is 52.6 Å². The number of primary amides is 1. The van der Waals surface area contributed by atoms with E-state index in [0.29, 0.717) is 0 Å². The van der Waals surface area contributed by atoms with Gasteiger partial charge in [-0.3, -0.25) is 9.59 Å². The largest absolute Gasteiger partial charge is 0.481 e. The first kappa shape index (κ1) is 17.2. The molecule has 0 aromatic carbocycles. The molecule has 3 amide bonds. The van der Waals surface area contributed by atoms with Crippen LogP contribution in [0.5, 0.6) is 0 Å². The number of carbonyl (C=O) groups is 3. The number of amides is 3. The quantitative estimate of drug-likeness (QED) is 0.580. The molecular weight excluding hydrogens is 250 g/mol. The zero-order chi connectivity index (χ0) is 15.4. The molecule has 7 nitrogen and oxygen atoms in total. The van der Waals surface area contributed by atoms with Crippen LogP contribution in [0.25, 0.3) is 0 Å². The highest BCUT2D eigenvalue weighted by atomic mass is 16.4. The van der Waals surface area contributed by atoms with Crippen molar-refractivity contribution in [3.05, 3.63) is 0 Å². The van der Waals surface area contributed by atoms with Crippen LogP contribution >= 0.6 is 0 Å². The van der Waals surface area contributed by atoms with Gasteiger partial charge in [-0.25, -0.2) is 4.79 Å². The number of nitrogens with one attached hydrogen (secondary N) is 2. The predicted octanol–water partition coefficient (Wildman–Crippen LogP) is 0.439. The lowest BCUT2D eigenvalue weighted by molar-refractivity contribution is -0.138. The topological polar surface area (TPSA) is 122 Å². The SMILES string of the molecule is CC(C)(NC(=O)NC(CC(=O)O)C(C)(C)C)C(N)=O. The Bertz CT molecular complexity index is 372. The summed E-state index contributed by atoms with van der Waals surface area (Å²) in [6.45, 7) is 8.40. The lowest BCUT2D eigenvalue weighted by Gasteiger charge is -2.32. The summed E-state index contributed by atoms with van der Waals surface area (Å²) < 4.78 is 0. The maximum absolute atomic E-state index is 11.8. The monoisotopic (exact) mass is 273 g/mol. The summed E-state index contributed by atoms with van der Waals surface area (Å²) >= 11 is 0. The third-order valence-electron chi connectivity index (χ3n) is 2.77. The molecule has 0 aliphatic rings. The fraction of sp³-hybridized carbons (Fsp3) is 0.750. The molecule has 0 aromatic rings. The van der Waals surface area contributed by atoms with Crippen molar-refractivity contribution in [3.8, 4) is 0 Å². The first-order valence-electron chi connectivity index (χ1n) is 5.96. The molecule has 0 aromatic heterocycles. The summed E-state index contributed by atoms with van der Waals surface area (Å²) in [5, 5.41) is 13.8. The summed E-state index contributed by atoms with van der Waals surface area (Å²) in [4.78, 5) is 33.7. The van der Waals surface area contributed by atoms with Crippen LogP contribution in [0.4, 0.5) is 4.79 Å². The van der Waals surface area contributed by atoms with E-state index in [1.54, 1.807) is 0 Å². The Kier molecular flexibility index (Phi) is 5.34. The van der Waals surface area contributed by atoms with Crippen LogP contribution in [0, 0.1) is 5.41 Å². The fourth-order valence-electron chi connectivity index (χ4n) is 1.29. The van der Waals surface area contributed by atoms with Gasteiger partial charge in [-0.15, -0.1) is 0 Å². The van der Waals surface area contributed by atoms with Crippen LogP contribution in [0.15, 0.2) is 0 Å². The second-order valence-corrected chi connectivity index (χ2v) is 6.10. The summed E-state index contributed by atoms with van der Waals surface area (Å²) in [7, 11) is 0. The van der Waals surface area contributed by atoms with E-state index in [4.69, 9.17) is 10.8 Å². The number of hydrogen-bond donors (Lipinski definition) is 4. The average molecular weight is 273 g/mol. The molecule has 0 bridgehead atoms. The molecule has 0 radical (unpaired) electrons. The number of aliphatic carboxylic acids is 1. The Balaban J connectivity index is 4.74. The number of rotatable bonds is 5. The van der Waals surface area contributed by atoms with Crippen molar-refractivity contribution in [2.24, 2.45) is 11.1 Å². The molecule has 19 heavy (non-hydrogen) atoms. The second-order valence-electron chi connectivity index (χ2n) is 6.10. The van der Waals surface area contributed by atoms with Crippen LogP contribution < -0.4 is 16.4 Å². The number of carboxylic acids is 1. The highest BCUT2D eigenvalue weighted by Crippen LogP contribution is 2.21. The van der Waals surface area contributed by atoms with Crippen molar-refractivity contribution in [1.29, 1.82) is 0 Å². The standard InChI is InChI=1S/C12H23N3O4/c1-11(2,3)7(6-8(16)17)14-10(19)15-12(4,5)9(13)18/h7H,6H2,1-5H3,(H2,13,18)(H,16,17)(H2,14,15,19). The molecular formula is C12H23N3O4. The van der Waals surface area contributed by atoms with Gasteiger partial charge in [0.2, 0.25) is 5.91 Å². The molecule has 0 aliphatic heterocycles. The molecule has 0 rings (SSSR count). The Morgan fingerprint density at radius 2 is 1.63 bits per heavy atom. The molecule has 110 valence electrons. The maximum Gasteiger partial charge on any atom is 0.315 e. The minimum atomic E-state index is -1.20. The third kappa shape index (κ3) is 6.08. The molecule has 0 aliphatic carbocycles. The van der Waals surface area contributed by atoms with Gasteiger partial charge < -0.3 is 21.5 Å². The van der Waals surface area contributed by atoms with Gasteiger partial charge >= 0.3 is 12.0 Å². The number of carbonyl (C=O) groups excluding carboxylic acids is 2. The van der Waals surface area contributed by atoms with E-state index >= 15 is 0 Å². The van der Waals surface area contributed by atoms with E-state index < -0.39 is 34.9 Å². The highest BCUT2D eigenvalue weighted by Gasteiger charge is 2.31. The molecule has 1 atom stereocenters. The van der Waals surface area contributed by atoms with Crippen LogP contribution in [0.2, 0.25) is 0 Å². The van der Waals surface area contributed by atoms with Crippen LogP contribution in [-0.2, 0) is 9.59 Å². The summed E-state index contributed by atoms with van der Waals surface area (Å²) in [6, 6.07) is -1.18. The Labute approximate surface area is 112 Å². The van der Waals surface area contributed by atoms with Crippen molar-refractivity contribution < 1.29 is 19.5 Å². The van der Waals surface area contributed by atoms with E-state index in [1.807, 2.05) is 20.8 Å². The van der Waals surface area contributed by atoms with Crippen molar-refractivity contribution >= 4 is 17.9 Å². The van der Waals surface area contributed by atoms with Crippen LogP contribution in [0.3, 0.4) is 0 Å². The van der Waals surface area contributed by atoms with Gasteiger partial charge in [-0.2, -0.15) is 0 Å². The molecule has 1 unspecified atom stereocenters. The van der Waals surface area contributed by atoms with Gasteiger partial charge in [0, 0.05) is 6.04 Å². The Morgan fingerprint density at radius 1 is 1.16 bits per heavy atom. The van der Waals surface area contributed by atoms with E-state index in [2.05, 4.69) is 10.6 Å². The van der Waals surface area contributed by atoms with Crippen molar-refractivity contribution in [2.75, 3.05) is 0 Å². The third-order valence-corrected chi connectivity index (χ3v) is 2.77. The molecule has 0 spiro atoms. The zero-order valence-corrected chi connectivity index (χ0v) is 12.0. The van der Waals surface area contributed by atoms with Gasteiger partial charge in [0.05, 0.1) is 6.42 Å². The molecule has 0 fully saturated rings. The summed E-state index contributed by atoms with van der Waals surface area (Å²) in [5.74, 6) is -1.68. The lowest BCUT2D eigenvalue weighted by atomic mass is 9.85. The van der Waals surface area contributed by atoms with Gasteiger partial charge in [0.25, 0.3) is 0 Å². The van der Waals surface area contributed by atoms with Gasteiger partial charge in [-0.05, 0) is 19.3 Å². The fourth-order valence-corrected chi connectivity index (χ4v) is 1.29. The summed E-state index contributed by atoms with van der Waals surface area (Å²) in [6.07, 6.45) is -0.200. The smallest absolute Gasteiger partial charge is 0.315 e. The molecule has 0 heterocycles. The predicted molar refractivity (Wildman–Crippen MR) is 70.4 cm³/mol.